The molecule has 0 bridgehead atoms. The maximum atomic E-state index is 3.55. The van der Waals surface area contributed by atoms with Gasteiger partial charge in [-0.25, -0.2) is 0 Å². The van der Waals surface area contributed by atoms with Gasteiger partial charge in [0.1, 0.15) is 0 Å². The molecule has 15 heavy (non-hydrogen) atoms. The van der Waals surface area contributed by atoms with E-state index in [1.54, 1.807) is 0 Å². The van der Waals surface area contributed by atoms with Gasteiger partial charge in [0.15, 0.2) is 0 Å². The van der Waals surface area contributed by atoms with Crippen molar-refractivity contribution in [2.45, 2.75) is 52.9 Å². The average Bonchev–Trinajstić information content (AvgIpc) is 2.29. The summed E-state index contributed by atoms with van der Waals surface area (Å²) in [6, 6.07) is 0. The molecule has 0 amide bonds. The van der Waals surface area contributed by atoms with Crippen LogP contribution in [0.15, 0.2) is 0 Å². The number of nitrogens with one attached hydrogen (secondary N) is 1. The van der Waals surface area contributed by atoms with E-state index in [-0.39, 0.29) is 0 Å². The maximum Gasteiger partial charge on any atom is 0.000788 e. The highest BCUT2D eigenvalue weighted by molar-refractivity contribution is 7.98. The zero-order chi connectivity index (χ0) is 11.6. The molecule has 92 valence electrons. The molecular weight excluding hydrogens is 202 g/mol. The first-order valence-corrected chi connectivity index (χ1v) is 7.83. The third-order valence-corrected chi connectivity index (χ3v) is 4.01. The third-order valence-electron chi connectivity index (χ3n) is 3.40. The summed E-state index contributed by atoms with van der Waals surface area (Å²) in [4.78, 5) is 0. The lowest BCUT2D eigenvalue weighted by molar-refractivity contribution is 0.225. The SMILES string of the molecule is CCCCC(CC)(CCSC)CNCC. The summed E-state index contributed by atoms with van der Waals surface area (Å²) >= 11 is 1.98. The molecule has 2 heteroatoms. The van der Waals surface area contributed by atoms with Crippen molar-refractivity contribution in [3.63, 3.8) is 0 Å². The van der Waals surface area contributed by atoms with E-state index in [9.17, 15) is 0 Å². The van der Waals surface area contributed by atoms with Crippen LogP contribution in [0.2, 0.25) is 0 Å². The Bertz CT molecular complexity index is 115. The number of hydrogen-bond donors (Lipinski definition) is 1. The van der Waals surface area contributed by atoms with Crippen molar-refractivity contribution in [3.05, 3.63) is 0 Å². The quantitative estimate of drug-likeness (QED) is 0.611. The smallest absolute Gasteiger partial charge is 0.000788 e. The molecule has 1 unspecified atom stereocenters. The highest BCUT2D eigenvalue weighted by Gasteiger charge is 2.26. The second kappa shape index (κ2) is 9.53. The molecule has 1 nitrogen and oxygen atoms in total. The van der Waals surface area contributed by atoms with Crippen molar-refractivity contribution >= 4 is 11.8 Å². The van der Waals surface area contributed by atoms with E-state index >= 15 is 0 Å². The normalized spacial score (nSPS) is 15.2. The van der Waals surface area contributed by atoms with Gasteiger partial charge in [0.05, 0.1) is 0 Å². The van der Waals surface area contributed by atoms with Crippen LogP contribution in [0.25, 0.3) is 0 Å². The number of hydrogen-bond acceptors (Lipinski definition) is 2. The Morgan fingerprint density at radius 1 is 1.13 bits per heavy atom. The minimum atomic E-state index is 0.565. The molecule has 1 N–H and O–H groups in total. The summed E-state index contributed by atoms with van der Waals surface area (Å²) < 4.78 is 0. The Morgan fingerprint density at radius 2 is 1.87 bits per heavy atom. The van der Waals surface area contributed by atoms with Crippen LogP contribution < -0.4 is 5.32 Å². The standard InChI is InChI=1S/C13H29NS/c1-5-8-9-13(6-2,10-11-15-4)12-14-7-3/h14H,5-12H2,1-4H3. The highest BCUT2D eigenvalue weighted by atomic mass is 32.2. The Hall–Kier alpha value is 0.310. The zero-order valence-corrected chi connectivity index (χ0v) is 11.9. The number of thioether (sulfide) groups is 1. The summed E-state index contributed by atoms with van der Waals surface area (Å²) in [6.45, 7) is 9.16. The molecule has 0 aliphatic rings. The van der Waals surface area contributed by atoms with Crippen LogP contribution >= 0.6 is 11.8 Å². The Labute approximate surface area is 101 Å². The summed E-state index contributed by atoms with van der Waals surface area (Å²) in [6.07, 6.45) is 9.01. The van der Waals surface area contributed by atoms with Gasteiger partial charge >= 0.3 is 0 Å². The van der Waals surface area contributed by atoms with Gasteiger partial charge in [-0.05, 0) is 43.2 Å². The minimum Gasteiger partial charge on any atom is -0.316 e. The highest BCUT2D eigenvalue weighted by Crippen LogP contribution is 2.33. The molecule has 1 atom stereocenters. The van der Waals surface area contributed by atoms with Crippen LogP contribution in [-0.4, -0.2) is 25.1 Å². The molecule has 0 spiro atoms. The van der Waals surface area contributed by atoms with E-state index < -0.39 is 0 Å². The Morgan fingerprint density at radius 3 is 2.33 bits per heavy atom. The predicted molar refractivity (Wildman–Crippen MR) is 73.8 cm³/mol. The molecule has 0 heterocycles. The van der Waals surface area contributed by atoms with Crippen molar-refractivity contribution in [2.75, 3.05) is 25.1 Å². The van der Waals surface area contributed by atoms with Crippen molar-refractivity contribution in [1.29, 1.82) is 0 Å². The van der Waals surface area contributed by atoms with Crippen LogP contribution in [0.1, 0.15) is 52.9 Å². The van der Waals surface area contributed by atoms with Gasteiger partial charge in [0, 0.05) is 6.54 Å². The third kappa shape index (κ3) is 6.47. The van der Waals surface area contributed by atoms with E-state index in [1.165, 1.54) is 44.4 Å². The fraction of sp³-hybridized carbons (Fsp3) is 1.00. The fourth-order valence-corrected chi connectivity index (χ4v) is 2.68. The molecule has 0 fully saturated rings. The topological polar surface area (TPSA) is 12.0 Å². The molecule has 0 aliphatic heterocycles. The Balaban J connectivity index is 4.16. The first-order chi connectivity index (χ1) is 7.24. The van der Waals surface area contributed by atoms with Gasteiger partial charge in [-0.3, -0.25) is 0 Å². The molecule has 0 aromatic rings. The van der Waals surface area contributed by atoms with Crippen LogP contribution in [-0.2, 0) is 0 Å². The molecule has 0 saturated heterocycles. The molecule has 0 saturated carbocycles. The van der Waals surface area contributed by atoms with E-state index in [1.807, 2.05) is 11.8 Å². The first kappa shape index (κ1) is 15.3. The summed E-state index contributed by atoms with van der Waals surface area (Å²) in [7, 11) is 0. The first-order valence-electron chi connectivity index (χ1n) is 6.44. The zero-order valence-electron chi connectivity index (χ0n) is 11.1. The average molecular weight is 231 g/mol. The second-order valence-electron chi connectivity index (χ2n) is 4.48. The van der Waals surface area contributed by atoms with E-state index in [0.29, 0.717) is 5.41 Å². The second-order valence-corrected chi connectivity index (χ2v) is 5.47. The predicted octanol–water partition coefficient (Wildman–Crippen LogP) is 3.94. The van der Waals surface area contributed by atoms with Crippen LogP contribution in [0, 0.1) is 5.41 Å². The van der Waals surface area contributed by atoms with Gasteiger partial charge in [-0.15, -0.1) is 0 Å². The fourth-order valence-electron chi connectivity index (χ4n) is 2.04. The molecule has 0 radical (unpaired) electrons. The number of unbranched alkanes of at least 4 members (excludes halogenated alkanes) is 1. The summed E-state index contributed by atoms with van der Waals surface area (Å²) in [5.74, 6) is 1.31. The molecule has 0 aromatic heterocycles. The van der Waals surface area contributed by atoms with Gasteiger partial charge in [0.25, 0.3) is 0 Å². The molecular formula is C13H29NS. The lowest BCUT2D eigenvalue weighted by atomic mass is 9.77. The largest absolute Gasteiger partial charge is 0.316 e. The lowest BCUT2D eigenvalue weighted by Crippen LogP contribution is -2.34. The van der Waals surface area contributed by atoms with Crippen molar-refractivity contribution < 1.29 is 0 Å². The van der Waals surface area contributed by atoms with Crippen LogP contribution in [0.5, 0.6) is 0 Å². The molecule has 0 aliphatic carbocycles. The number of rotatable bonds is 10. The monoisotopic (exact) mass is 231 g/mol. The van der Waals surface area contributed by atoms with Crippen molar-refractivity contribution in [1.82, 2.24) is 5.32 Å². The Kier molecular flexibility index (Phi) is 9.73. The van der Waals surface area contributed by atoms with Gasteiger partial charge in [-0.2, -0.15) is 11.8 Å². The van der Waals surface area contributed by atoms with Crippen molar-refractivity contribution in [2.24, 2.45) is 5.41 Å². The summed E-state index contributed by atoms with van der Waals surface area (Å²) in [5.41, 5.74) is 0.565. The molecule has 0 aromatic carbocycles. The van der Waals surface area contributed by atoms with Gasteiger partial charge in [0.2, 0.25) is 0 Å². The van der Waals surface area contributed by atoms with Gasteiger partial charge < -0.3 is 5.32 Å². The van der Waals surface area contributed by atoms with Crippen molar-refractivity contribution in [3.8, 4) is 0 Å². The van der Waals surface area contributed by atoms with E-state index in [0.717, 1.165) is 6.54 Å². The van der Waals surface area contributed by atoms with Gasteiger partial charge in [-0.1, -0.05) is 33.6 Å². The lowest BCUT2D eigenvalue weighted by Gasteiger charge is -2.33. The maximum absolute atomic E-state index is 3.55. The summed E-state index contributed by atoms with van der Waals surface area (Å²) in [5, 5.41) is 3.55. The minimum absolute atomic E-state index is 0.565. The van der Waals surface area contributed by atoms with E-state index in [2.05, 4.69) is 32.3 Å². The van der Waals surface area contributed by atoms with Crippen LogP contribution in [0.3, 0.4) is 0 Å². The van der Waals surface area contributed by atoms with Crippen LogP contribution in [0.4, 0.5) is 0 Å². The van der Waals surface area contributed by atoms with E-state index in [4.69, 9.17) is 0 Å². The molecule has 0 rings (SSSR count).